The third-order valence-corrected chi connectivity index (χ3v) is 5.49. The third kappa shape index (κ3) is 4.20. The molecule has 0 fully saturated rings. The second-order valence-corrected chi connectivity index (χ2v) is 8.24. The molecule has 0 aliphatic rings. The van der Waals surface area contributed by atoms with Gasteiger partial charge >= 0.3 is 6.18 Å². The van der Waals surface area contributed by atoms with Crippen LogP contribution in [0, 0.1) is 11.3 Å². The highest BCUT2D eigenvalue weighted by Crippen LogP contribution is 2.38. The lowest BCUT2D eigenvalue weighted by Crippen LogP contribution is -2.20. The fraction of sp³-hybridized carbons (Fsp3) is 0.208. The quantitative estimate of drug-likeness (QED) is 0.344. The molecule has 8 nitrogen and oxygen atoms in total. The van der Waals surface area contributed by atoms with Crippen LogP contribution in [0.5, 0.6) is 0 Å². The molecule has 2 N–H and O–H groups in total. The lowest BCUT2D eigenvalue weighted by atomic mass is 10.1. The van der Waals surface area contributed by atoms with Gasteiger partial charge in [-0.05, 0) is 44.4 Å². The summed E-state index contributed by atoms with van der Waals surface area (Å²) < 4.78 is 48.8. The molecule has 3 aromatic heterocycles. The molecule has 0 bridgehead atoms. The number of nitrogens with zero attached hydrogens (tertiary/aromatic N) is 5. The van der Waals surface area contributed by atoms with Gasteiger partial charge in [0.1, 0.15) is 23.0 Å². The van der Waals surface area contributed by atoms with Gasteiger partial charge in [0, 0.05) is 24.8 Å². The first-order chi connectivity index (χ1) is 16.7. The summed E-state index contributed by atoms with van der Waals surface area (Å²) in [5.41, 5.74) is 0.964. The fourth-order valence-corrected chi connectivity index (χ4v) is 3.87. The van der Waals surface area contributed by atoms with E-state index in [-0.39, 0.29) is 11.5 Å². The third-order valence-electron chi connectivity index (χ3n) is 5.49. The summed E-state index contributed by atoms with van der Waals surface area (Å²) in [7, 11) is 3.92. The summed E-state index contributed by atoms with van der Waals surface area (Å²) in [6, 6.07) is 15.0. The summed E-state index contributed by atoms with van der Waals surface area (Å²) in [5.74, 6) is 0.114. The van der Waals surface area contributed by atoms with E-state index in [1.807, 2.05) is 19.0 Å². The number of likely N-dealkylation sites (N-methyl/N-ethyl adjacent to an activating group) is 1. The number of hydrogen-bond acceptors (Lipinski definition) is 7. The molecule has 2 aromatic carbocycles. The number of imidazole rings is 1. The van der Waals surface area contributed by atoms with Crippen LogP contribution in [0.25, 0.3) is 27.8 Å². The van der Waals surface area contributed by atoms with Crippen LogP contribution in [0.3, 0.4) is 0 Å². The number of aromatic nitrogens is 3. The van der Waals surface area contributed by atoms with Crippen LogP contribution in [0.2, 0.25) is 0 Å². The first-order valence-corrected chi connectivity index (χ1v) is 10.7. The summed E-state index contributed by atoms with van der Waals surface area (Å²) >= 11 is 0. The molecule has 0 aliphatic heterocycles. The summed E-state index contributed by atoms with van der Waals surface area (Å²) in [6.07, 6.45) is -4.73. The maximum absolute atomic E-state index is 13.9. The molecular weight excluding hydrogens is 459 g/mol. The number of halogens is 3. The van der Waals surface area contributed by atoms with Crippen molar-refractivity contribution in [3.63, 3.8) is 0 Å². The molecule has 5 rings (SSSR count). The highest BCUT2D eigenvalue weighted by Gasteiger charge is 2.36. The number of nitrogens with one attached hydrogen (secondary N) is 2. The number of pyridine rings is 1. The Labute approximate surface area is 197 Å². The van der Waals surface area contributed by atoms with E-state index in [1.165, 1.54) is 4.40 Å². The number of hydrogen-bond donors (Lipinski definition) is 2. The fourth-order valence-electron chi connectivity index (χ4n) is 3.87. The molecule has 0 unspecified atom stereocenters. The van der Waals surface area contributed by atoms with Gasteiger partial charge in [-0.1, -0.05) is 12.1 Å². The van der Waals surface area contributed by atoms with Gasteiger partial charge < -0.3 is 20.0 Å². The van der Waals surface area contributed by atoms with Crippen LogP contribution in [-0.2, 0) is 6.18 Å². The Hall–Kier alpha value is -4.30. The Morgan fingerprint density at radius 3 is 2.63 bits per heavy atom. The van der Waals surface area contributed by atoms with Crippen molar-refractivity contribution >= 4 is 45.3 Å². The van der Waals surface area contributed by atoms with E-state index in [9.17, 15) is 18.4 Å². The second-order valence-electron chi connectivity index (χ2n) is 8.24. The van der Waals surface area contributed by atoms with E-state index in [0.29, 0.717) is 40.4 Å². The van der Waals surface area contributed by atoms with E-state index >= 15 is 0 Å². The van der Waals surface area contributed by atoms with E-state index in [1.54, 1.807) is 48.5 Å². The standard InChI is InChI=1S/C24H20F3N7O/c1-33(2)10-9-29-23-32-18-8-7-14(11-20(18)35-23)30-21-12-16(24(25,26)27)15(13-28)22-31-17-5-3-4-6-19(17)34(21)22/h3-8,11-12,30H,9-10H2,1-2H3,(H,29,32). The first-order valence-electron chi connectivity index (χ1n) is 10.7. The molecule has 0 amide bonds. The Morgan fingerprint density at radius 1 is 1.09 bits per heavy atom. The van der Waals surface area contributed by atoms with Gasteiger partial charge in [-0.25, -0.2) is 4.98 Å². The number of para-hydroxylation sites is 2. The normalized spacial score (nSPS) is 12.0. The Kier molecular flexibility index (Phi) is 5.45. The maximum atomic E-state index is 13.9. The van der Waals surface area contributed by atoms with Crippen molar-refractivity contribution < 1.29 is 17.6 Å². The van der Waals surface area contributed by atoms with Gasteiger partial charge in [0.25, 0.3) is 6.01 Å². The highest BCUT2D eigenvalue weighted by molar-refractivity contribution is 5.87. The van der Waals surface area contributed by atoms with Crippen molar-refractivity contribution in [1.29, 1.82) is 5.26 Å². The van der Waals surface area contributed by atoms with Gasteiger partial charge in [0.15, 0.2) is 11.2 Å². The number of nitriles is 1. The molecule has 35 heavy (non-hydrogen) atoms. The van der Waals surface area contributed by atoms with E-state index in [4.69, 9.17) is 4.42 Å². The topological polar surface area (TPSA) is 94.4 Å². The van der Waals surface area contributed by atoms with Gasteiger partial charge in [0.2, 0.25) is 0 Å². The summed E-state index contributed by atoms with van der Waals surface area (Å²) in [5, 5.41) is 15.7. The van der Waals surface area contributed by atoms with Crippen LogP contribution in [-0.4, -0.2) is 46.5 Å². The molecule has 178 valence electrons. The average Bonchev–Trinajstić information content (AvgIpc) is 3.39. The molecular formula is C24H20F3N7O. The summed E-state index contributed by atoms with van der Waals surface area (Å²) in [6.45, 7) is 1.43. The largest absolute Gasteiger partial charge is 0.423 e. The molecule has 0 aliphatic carbocycles. The monoisotopic (exact) mass is 479 g/mol. The number of fused-ring (bicyclic) bond motifs is 4. The highest BCUT2D eigenvalue weighted by atomic mass is 19.4. The lowest BCUT2D eigenvalue weighted by molar-refractivity contribution is -0.137. The van der Waals surface area contributed by atoms with Crippen molar-refractivity contribution in [3.05, 3.63) is 59.7 Å². The van der Waals surface area contributed by atoms with E-state index in [0.717, 1.165) is 12.6 Å². The number of benzene rings is 2. The molecule has 0 saturated heterocycles. The van der Waals surface area contributed by atoms with Gasteiger partial charge in [-0.2, -0.15) is 23.4 Å². The molecule has 0 saturated carbocycles. The van der Waals surface area contributed by atoms with Crippen molar-refractivity contribution in [2.45, 2.75) is 6.18 Å². The minimum Gasteiger partial charge on any atom is -0.423 e. The lowest BCUT2D eigenvalue weighted by Gasteiger charge is -2.15. The van der Waals surface area contributed by atoms with Crippen molar-refractivity contribution in [2.24, 2.45) is 0 Å². The van der Waals surface area contributed by atoms with Crippen LogP contribution >= 0.6 is 0 Å². The summed E-state index contributed by atoms with van der Waals surface area (Å²) in [4.78, 5) is 10.7. The Balaban J connectivity index is 1.59. The van der Waals surface area contributed by atoms with Crippen LogP contribution in [0.1, 0.15) is 11.1 Å². The zero-order valence-corrected chi connectivity index (χ0v) is 18.8. The Morgan fingerprint density at radius 2 is 1.89 bits per heavy atom. The minimum atomic E-state index is -4.73. The molecule has 0 spiro atoms. The predicted octanol–water partition coefficient (Wildman–Crippen LogP) is 5.24. The van der Waals surface area contributed by atoms with Gasteiger partial charge in [-0.15, -0.1) is 0 Å². The van der Waals surface area contributed by atoms with E-state index in [2.05, 4.69) is 20.6 Å². The first kappa shape index (κ1) is 22.5. The smallest absolute Gasteiger partial charge is 0.417 e. The molecule has 3 heterocycles. The Bertz CT molecular complexity index is 1590. The molecule has 11 heteroatoms. The number of alkyl halides is 3. The van der Waals surface area contributed by atoms with Crippen LogP contribution in [0.4, 0.5) is 30.7 Å². The average molecular weight is 479 g/mol. The predicted molar refractivity (Wildman–Crippen MR) is 127 cm³/mol. The van der Waals surface area contributed by atoms with Crippen LogP contribution in [0.15, 0.2) is 52.9 Å². The van der Waals surface area contributed by atoms with Crippen molar-refractivity contribution in [3.8, 4) is 6.07 Å². The van der Waals surface area contributed by atoms with Gasteiger partial charge in [-0.3, -0.25) is 4.40 Å². The number of oxazole rings is 1. The molecule has 0 radical (unpaired) electrons. The van der Waals surface area contributed by atoms with Crippen molar-refractivity contribution in [2.75, 3.05) is 37.8 Å². The number of rotatable bonds is 6. The SMILES string of the molecule is CN(C)CCNc1nc2ccc(Nc3cc(C(F)(F)F)c(C#N)c4nc5ccccc5n34)cc2o1. The van der Waals surface area contributed by atoms with Crippen LogP contribution < -0.4 is 10.6 Å². The molecule has 5 aromatic rings. The zero-order valence-electron chi connectivity index (χ0n) is 18.8. The molecule has 0 atom stereocenters. The number of anilines is 3. The van der Waals surface area contributed by atoms with Gasteiger partial charge in [0.05, 0.1) is 16.6 Å². The van der Waals surface area contributed by atoms with Crippen molar-refractivity contribution in [1.82, 2.24) is 19.3 Å². The minimum absolute atomic E-state index is 0.0702. The van der Waals surface area contributed by atoms with E-state index < -0.39 is 17.3 Å². The maximum Gasteiger partial charge on any atom is 0.417 e. The second kappa shape index (κ2) is 8.48. The zero-order chi connectivity index (χ0) is 24.7.